The molecule has 3 rings (SSSR count). The number of thiazole rings is 1. The summed E-state index contributed by atoms with van der Waals surface area (Å²) < 4.78 is 1.26. The fourth-order valence-electron chi connectivity index (χ4n) is 2.78. The number of benzene rings is 1. The van der Waals surface area contributed by atoms with Gasteiger partial charge in [-0.25, -0.2) is 4.98 Å². The minimum absolute atomic E-state index is 0.161. The first-order valence-corrected chi connectivity index (χ1v) is 7.85. The van der Waals surface area contributed by atoms with E-state index in [-0.39, 0.29) is 11.9 Å². The number of hydrogen-bond donors (Lipinski definition) is 1. The van der Waals surface area contributed by atoms with Gasteiger partial charge in [-0.1, -0.05) is 12.1 Å². The largest absolute Gasteiger partial charge is 0.368 e. The lowest BCUT2D eigenvalue weighted by Crippen LogP contribution is -2.46. The lowest BCUT2D eigenvalue weighted by atomic mass is 9.96. The smallest absolute Gasteiger partial charge is 0.234 e. The highest BCUT2D eigenvalue weighted by Crippen LogP contribution is 2.34. The quantitative estimate of drug-likeness (QED) is 0.943. The molecule has 0 saturated carbocycles. The number of hydrogen-bond acceptors (Lipinski definition) is 4. The van der Waals surface area contributed by atoms with Crippen LogP contribution in [0.1, 0.15) is 30.7 Å². The number of aromatic nitrogens is 1. The fraction of sp³-hybridized carbons (Fsp3) is 0.467. The van der Waals surface area contributed by atoms with Crippen molar-refractivity contribution in [3.63, 3.8) is 0 Å². The number of fused-ring (bicyclic) bond motifs is 1. The van der Waals surface area contributed by atoms with Crippen molar-refractivity contribution in [3.05, 3.63) is 29.3 Å². The van der Waals surface area contributed by atoms with E-state index in [1.54, 1.807) is 11.3 Å². The molecule has 2 aromatic rings. The van der Waals surface area contributed by atoms with Crippen LogP contribution in [0.3, 0.4) is 0 Å². The number of nitrogens with two attached hydrogens (primary N) is 1. The minimum Gasteiger partial charge on any atom is -0.368 e. The molecule has 1 amide bonds. The van der Waals surface area contributed by atoms with Crippen molar-refractivity contribution >= 4 is 27.5 Å². The van der Waals surface area contributed by atoms with E-state index < -0.39 is 0 Å². The number of para-hydroxylation sites is 1. The molecular formula is C15H19N3OS. The summed E-state index contributed by atoms with van der Waals surface area (Å²) in [6, 6.07) is 8.12. The predicted molar refractivity (Wildman–Crippen MR) is 81.8 cm³/mol. The molecule has 4 nitrogen and oxygen atoms in total. The zero-order chi connectivity index (χ0) is 14.1. The van der Waals surface area contributed by atoms with Crippen LogP contribution in [0, 0.1) is 0 Å². The Morgan fingerprint density at radius 2 is 2.10 bits per heavy atom. The van der Waals surface area contributed by atoms with Crippen molar-refractivity contribution in [1.29, 1.82) is 0 Å². The molecule has 1 aliphatic heterocycles. The van der Waals surface area contributed by atoms with Crippen LogP contribution in [0.5, 0.6) is 0 Å². The molecule has 0 spiro atoms. The van der Waals surface area contributed by atoms with Gasteiger partial charge in [-0.15, -0.1) is 11.3 Å². The summed E-state index contributed by atoms with van der Waals surface area (Å²) in [5, 5.41) is 1.23. The van der Waals surface area contributed by atoms with Gasteiger partial charge in [-0.05, 0) is 45.0 Å². The standard InChI is InChI=1S/C15H19N3OS/c1-10(14(16)19)18-8-6-11(7-9-18)15-17-12-4-2-3-5-13(12)20-15/h2-5,10-11H,6-9H2,1H3,(H2,16,19)/t10-/m1/s1. The second kappa shape index (κ2) is 5.50. The molecule has 0 aliphatic carbocycles. The van der Waals surface area contributed by atoms with Crippen molar-refractivity contribution in [1.82, 2.24) is 9.88 Å². The number of rotatable bonds is 3. The van der Waals surface area contributed by atoms with Gasteiger partial charge in [0.25, 0.3) is 0 Å². The first-order valence-electron chi connectivity index (χ1n) is 7.04. The fourth-order valence-corrected chi connectivity index (χ4v) is 3.91. The van der Waals surface area contributed by atoms with E-state index in [9.17, 15) is 4.79 Å². The van der Waals surface area contributed by atoms with Gasteiger partial charge >= 0.3 is 0 Å². The molecule has 1 aromatic heterocycles. The Morgan fingerprint density at radius 3 is 2.75 bits per heavy atom. The number of amides is 1. The molecule has 1 aliphatic rings. The number of nitrogens with zero attached hydrogens (tertiary/aromatic N) is 2. The Morgan fingerprint density at radius 1 is 1.40 bits per heavy atom. The predicted octanol–water partition coefficient (Wildman–Crippen LogP) is 2.35. The number of carbonyl (C=O) groups is 1. The second-order valence-electron chi connectivity index (χ2n) is 5.41. The summed E-state index contributed by atoms with van der Waals surface area (Å²) in [4.78, 5) is 18.2. The maximum atomic E-state index is 11.2. The van der Waals surface area contributed by atoms with E-state index >= 15 is 0 Å². The zero-order valence-corrected chi connectivity index (χ0v) is 12.4. The van der Waals surface area contributed by atoms with Crippen LogP contribution in [0.4, 0.5) is 0 Å². The van der Waals surface area contributed by atoms with Gasteiger partial charge in [0, 0.05) is 5.92 Å². The minimum atomic E-state index is -0.233. The Kier molecular flexibility index (Phi) is 3.72. The van der Waals surface area contributed by atoms with Crippen molar-refractivity contribution in [3.8, 4) is 0 Å². The molecule has 1 saturated heterocycles. The highest BCUT2D eigenvalue weighted by Gasteiger charge is 2.27. The summed E-state index contributed by atoms with van der Waals surface area (Å²) in [7, 11) is 0. The highest BCUT2D eigenvalue weighted by atomic mass is 32.1. The third kappa shape index (κ3) is 2.55. The third-order valence-electron chi connectivity index (χ3n) is 4.15. The average Bonchev–Trinajstić information content (AvgIpc) is 2.90. The molecule has 1 aromatic carbocycles. The second-order valence-corrected chi connectivity index (χ2v) is 6.47. The van der Waals surface area contributed by atoms with E-state index in [1.165, 1.54) is 9.71 Å². The van der Waals surface area contributed by atoms with Crippen LogP contribution in [0.25, 0.3) is 10.2 Å². The van der Waals surface area contributed by atoms with Gasteiger partial charge in [0.1, 0.15) is 0 Å². The van der Waals surface area contributed by atoms with E-state index in [0.717, 1.165) is 31.4 Å². The van der Waals surface area contributed by atoms with Gasteiger partial charge in [0.15, 0.2) is 0 Å². The molecule has 2 N–H and O–H groups in total. The zero-order valence-electron chi connectivity index (χ0n) is 11.6. The Balaban J connectivity index is 1.70. The van der Waals surface area contributed by atoms with Crippen LogP contribution in [-0.4, -0.2) is 34.9 Å². The monoisotopic (exact) mass is 289 g/mol. The first-order chi connectivity index (χ1) is 9.65. The van der Waals surface area contributed by atoms with E-state index in [4.69, 9.17) is 10.7 Å². The molecule has 0 unspecified atom stereocenters. The summed E-state index contributed by atoms with van der Waals surface area (Å²) in [5.41, 5.74) is 6.47. The topological polar surface area (TPSA) is 59.2 Å². The summed E-state index contributed by atoms with van der Waals surface area (Å²) in [6.07, 6.45) is 2.11. The highest BCUT2D eigenvalue weighted by molar-refractivity contribution is 7.18. The number of carbonyl (C=O) groups excluding carboxylic acids is 1. The normalized spacial score (nSPS) is 19.2. The number of primary amides is 1. The average molecular weight is 289 g/mol. The molecule has 20 heavy (non-hydrogen) atoms. The first kappa shape index (κ1) is 13.5. The van der Waals surface area contributed by atoms with Crippen LogP contribution >= 0.6 is 11.3 Å². The number of likely N-dealkylation sites (tertiary alicyclic amines) is 1. The van der Waals surface area contributed by atoms with Crippen molar-refractivity contribution in [2.75, 3.05) is 13.1 Å². The molecule has 0 bridgehead atoms. The third-order valence-corrected chi connectivity index (χ3v) is 5.35. The molecule has 1 fully saturated rings. The number of piperidine rings is 1. The summed E-state index contributed by atoms with van der Waals surface area (Å²) in [6.45, 7) is 3.73. The maximum absolute atomic E-state index is 11.2. The molecule has 2 heterocycles. The summed E-state index contributed by atoms with van der Waals surface area (Å²) in [5.74, 6) is 0.284. The van der Waals surface area contributed by atoms with Gasteiger partial charge in [-0.3, -0.25) is 9.69 Å². The Labute approximate surface area is 122 Å². The van der Waals surface area contributed by atoms with Crippen molar-refractivity contribution in [2.45, 2.75) is 31.7 Å². The Hall–Kier alpha value is -1.46. The maximum Gasteiger partial charge on any atom is 0.234 e. The lowest BCUT2D eigenvalue weighted by Gasteiger charge is -2.33. The SMILES string of the molecule is C[C@H](C(N)=O)N1CCC(c2nc3ccccc3s2)CC1. The van der Waals surface area contributed by atoms with Crippen molar-refractivity contribution in [2.24, 2.45) is 5.73 Å². The van der Waals surface area contributed by atoms with Crippen LogP contribution in [0.2, 0.25) is 0 Å². The molecule has 106 valence electrons. The van der Waals surface area contributed by atoms with Crippen LogP contribution in [0.15, 0.2) is 24.3 Å². The molecule has 5 heteroatoms. The van der Waals surface area contributed by atoms with Crippen LogP contribution in [-0.2, 0) is 4.79 Å². The van der Waals surface area contributed by atoms with Gasteiger partial charge in [0.2, 0.25) is 5.91 Å². The van der Waals surface area contributed by atoms with Gasteiger partial charge < -0.3 is 5.73 Å². The molecular weight excluding hydrogens is 270 g/mol. The van der Waals surface area contributed by atoms with E-state index in [0.29, 0.717) is 5.92 Å². The van der Waals surface area contributed by atoms with Crippen LogP contribution < -0.4 is 5.73 Å². The van der Waals surface area contributed by atoms with E-state index in [2.05, 4.69) is 23.1 Å². The summed E-state index contributed by atoms with van der Waals surface area (Å²) >= 11 is 1.80. The van der Waals surface area contributed by atoms with Gasteiger partial charge in [0.05, 0.1) is 21.3 Å². The molecule has 1 atom stereocenters. The van der Waals surface area contributed by atoms with Gasteiger partial charge in [-0.2, -0.15) is 0 Å². The Bertz CT molecular complexity index is 583. The lowest BCUT2D eigenvalue weighted by molar-refractivity contribution is -0.123. The van der Waals surface area contributed by atoms with E-state index in [1.807, 2.05) is 13.0 Å². The van der Waals surface area contributed by atoms with Crippen molar-refractivity contribution < 1.29 is 4.79 Å². The molecule has 0 radical (unpaired) electrons.